The van der Waals surface area contributed by atoms with E-state index in [0.29, 0.717) is 0 Å². The van der Waals surface area contributed by atoms with E-state index in [1.54, 1.807) is 12.1 Å². The molecule has 15 heavy (non-hydrogen) atoms. The summed E-state index contributed by atoms with van der Waals surface area (Å²) in [6.07, 6.45) is 0. The molecule has 0 fully saturated rings. The first-order valence-corrected chi connectivity index (χ1v) is 4.23. The topological polar surface area (TPSA) is 89.3 Å². The molecule has 0 radical (unpaired) electrons. The van der Waals surface area contributed by atoms with Crippen molar-refractivity contribution in [3.8, 4) is 0 Å². The standard InChI is InChI=1S/C10H10N2O3/c1-6(13)12-10(15)8-5-3-2-4-7(8)9(11)14/h2-5H,1H3,(H2,11,14)(H,12,13,15). The lowest BCUT2D eigenvalue weighted by molar-refractivity contribution is -0.118. The second-order valence-corrected chi connectivity index (χ2v) is 2.92. The second kappa shape index (κ2) is 4.36. The number of rotatable bonds is 2. The number of hydrogen-bond acceptors (Lipinski definition) is 3. The summed E-state index contributed by atoms with van der Waals surface area (Å²) in [7, 11) is 0. The highest BCUT2D eigenvalue weighted by Crippen LogP contribution is 2.07. The molecule has 5 heteroatoms. The van der Waals surface area contributed by atoms with E-state index in [-0.39, 0.29) is 11.1 Å². The number of carbonyl (C=O) groups excluding carboxylic acids is 3. The summed E-state index contributed by atoms with van der Waals surface area (Å²) >= 11 is 0. The van der Waals surface area contributed by atoms with Gasteiger partial charge in [0.1, 0.15) is 0 Å². The van der Waals surface area contributed by atoms with Crippen molar-refractivity contribution in [1.29, 1.82) is 0 Å². The molecule has 1 aromatic carbocycles. The third-order valence-corrected chi connectivity index (χ3v) is 1.73. The number of nitrogens with two attached hydrogens (primary N) is 1. The van der Waals surface area contributed by atoms with E-state index in [9.17, 15) is 14.4 Å². The van der Waals surface area contributed by atoms with Crippen molar-refractivity contribution in [2.24, 2.45) is 5.73 Å². The molecule has 0 aliphatic heterocycles. The molecule has 78 valence electrons. The third kappa shape index (κ3) is 2.63. The van der Waals surface area contributed by atoms with E-state index in [1.165, 1.54) is 19.1 Å². The van der Waals surface area contributed by atoms with Crippen molar-refractivity contribution in [3.63, 3.8) is 0 Å². The highest BCUT2D eigenvalue weighted by Gasteiger charge is 2.14. The van der Waals surface area contributed by atoms with Crippen LogP contribution in [0.25, 0.3) is 0 Å². The lowest BCUT2D eigenvalue weighted by atomic mass is 10.1. The molecule has 0 saturated heterocycles. The Bertz CT molecular complexity index is 426. The third-order valence-electron chi connectivity index (χ3n) is 1.73. The van der Waals surface area contributed by atoms with Crippen molar-refractivity contribution < 1.29 is 14.4 Å². The zero-order valence-corrected chi connectivity index (χ0v) is 8.11. The Labute approximate surface area is 86.3 Å². The van der Waals surface area contributed by atoms with Crippen molar-refractivity contribution in [2.75, 3.05) is 0 Å². The predicted octanol–water partition coefficient (Wildman–Crippen LogP) is 0.0618. The van der Waals surface area contributed by atoms with Crippen LogP contribution in [0, 0.1) is 0 Å². The molecule has 0 bridgehead atoms. The highest BCUT2D eigenvalue weighted by molar-refractivity contribution is 6.10. The van der Waals surface area contributed by atoms with Gasteiger partial charge >= 0.3 is 0 Å². The molecule has 5 nitrogen and oxygen atoms in total. The van der Waals surface area contributed by atoms with Gasteiger partial charge in [-0.05, 0) is 12.1 Å². The smallest absolute Gasteiger partial charge is 0.258 e. The summed E-state index contributed by atoms with van der Waals surface area (Å²) in [6, 6.07) is 6.03. The van der Waals surface area contributed by atoms with Crippen LogP contribution in [0.15, 0.2) is 24.3 Å². The van der Waals surface area contributed by atoms with Crippen LogP contribution in [0.4, 0.5) is 0 Å². The molecular weight excluding hydrogens is 196 g/mol. The summed E-state index contributed by atoms with van der Waals surface area (Å²) in [5.74, 6) is -1.82. The van der Waals surface area contributed by atoms with Gasteiger partial charge in [0.2, 0.25) is 11.8 Å². The minimum atomic E-state index is -0.704. The van der Waals surface area contributed by atoms with E-state index >= 15 is 0 Å². The van der Waals surface area contributed by atoms with Crippen molar-refractivity contribution in [1.82, 2.24) is 5.32 Å². The van der Waals surface area contributed by atoms with Gasteiger partial charge in [-0.3, -0.25) is 19.7 Å². The fraction of sp³-hybridized carbons (Fsp3) is 0.100. The van der Waals surface area contributed by atoms with Crippen molar-refractivity contribution in [2.45, 2.75) is 6.92 Å². The van der Waals surface area contributed by atoms with E-state index in [1.807, 2.05) is 0 Å². The predicted molar refractivity (Wildman–Crippen MR) is 53.1 cm³/mol. The van der Waals surface area contributed by atoms with E-state index in [4.69, 9.17) is 5.73 Å². The number of nitrogens with one attached hydrogen (secondary N) is 1. The number of amides is 3. The Hall–Kier alpha value is -2.17. The van der Waals surface area contributed by atoms with Gasteiger partial charge in [0.05, 0.1) is 11.1 Å². The monoisotopic (exact) mass is 206 g/mol. The lowest BCUT2D eigenvalue weighted by Crippen LogP contribution is -2.30. The molecule has 0 saturated carbocycles. The highest BCUT2D eigenvalue weighted by atomic mass is 16.2. The summed E-state index contributed by atoms with van der Waals surface area (Å²) in [4.78, 5) is 33.1. The molecule has 3 N–H and O–H groups in total. The summed E-state index contributed by atoms with van der Waals surface area (Å²) in [5, 5.41) is 2.07. The Morgan fingerprint density at radius 2 is 1.67 bits per heavy atom. The Morgan fingerprint density at radius 1 is 1.13 bits per heavy atom. The molecule has 0 aliphatic rings. The molecule has 0 spiro atoms. The van der Waals surface area contributed by atoms with E-state index < -0.39 is 17.7 Å². The van der Waals surface area contributed by atoms with E-state index in [2.05, 4.69) is 5.32 Å². The fourth-order valence-electron chi connectivity index (χ4n) is 1.12. The lowest BCUT2D eigenvalue weighted by Gasteiger charge is -2.04. The average Bonchev–Trinajstić information content (AvgIpc) is 2.16. The van der Waals surface area contributed by atoms with Crippen LogP contribution in [-0.4, -0.2) is 17.7 Å². The van der Waals surface area contributed by atoms with Gasteiger partial charge < -0.3 is 5.73 Å². The molecular formula is C10H10N2O3. The molecule has 3 amide bonds. The Balaban J connectivity index is 3.08. The van der Waals surface area contributed by atoms with Crippen LogP contribution in [0.3, 0.4) is 0 Å². The maximum Gasteiger partial charge on any atom is 0.258 e. The molecule has 1 rings (SSSR count). The van der Waals surface area contributed by atoms with Crippen LogP contribution in [0.5, 0.6) is 0 Å². The zero-order chi connectivity index (χ0) is 11.4. The van der Waals surface area contributed by atoms with Gasteiger partial charge in [0, 0.05) is 6.92 Å². The Kier molecular flexibility index (Phi) is 3.17. The molecule has 0 aliphatic carbocycles. The average molecular weight is 206 g/mol. The number of benzene rings is 1. The summed E-state index contributed by atoms with van der Waals surface area (Å²) in [5.41, 5.74) is 5.27. The van der Waals surface area contributed by atoms with E-state index in [0.717, 1.165) is 0 Å². The number of imide groups is 1. The molecule has 0 aromatic heterocycles. The van der Waals surface area contributed by atoms with Crippen LogP contribution >= 0.6 is 0 Å². The van der Waals surface area contributed by atoms with Gasteiger partial charge in [-0.2, -0.15) is 0 Å². The molecule has 0 atom stereocenters. The quantitative estimate of drug-likeness (QED) is 0.717. The van der Waals surface area contributed by atoms with Gasteiger partial charge in [0.25, 0.3) is 5.91 Å². The number of carbonyl (C=O) groups is 3. The largest absolute Gasteiger partial charge is 0.366 e. The minimum absolute atomic E-state index is 0.0938. The summed E-state index contributed by atoms with van der Waals surface area (Å²) < 4.78 is 0. The van der Waals surface area contributed by atoms with Crippen LogP contribution < -0.4 is 11.1 Å². The van der Waals surface area contributed by atoms with Crippen molar-refractivity contribution in [3.05, 3.63) is 35.4 Å². The maximum absolute atomic E-state index is 11.4. The van der Waals surface area contributed by atoms with Crippen molar-refractivity contribution >= 4 is 17.7 Å². The first kappa shape index (κ1) is 10.9. The van der Waals surface area contributed by atoms with Crippen LogP contribution in [0.1, 0.15) is 27.6 Å². The fourth-order valence-corrected chi connectivity index (χ4v) is 1.12. The Morgan fingerprint density at radius 3 is 2.13 bits per heavy atom. The minimum Gasteiger partial charge on any atom is -0.366 e. The SMILES string of the molecule is CC(=O)NC(=O)c1ccccc1C(N)=O. The first-order chi connectivity index (χ1) is 7.02. The number of primary amides is 1. The van der Waals surface area contributed by atoms with Gasteiger partial charge in [-0.25, -0.2) is 0 Å². The number of hydrogen-bond donors (Lipinski definition) is 2. The van der Waals surface area contributed by atoms with Gasteiger partial charge in [-0.1, -0.05) is 12.1 Å². The summed E-state index contributed by atoms with van der Waals surface area (Å²) in [6.45, 7) is 1.21. The second-order valence-electron chi connectivity index (χ2n) is 2.92. The van der Waals surface area contributed by atoms with Crippen LogP contribution in [0.2, 0.25) is 0 Å². The molecule has 0 heterocycles. The van der Waals surface area contributed by atoms with Crippen LogP contribution in [-0.2, 0) is 4.79 Å². The first-order valence-electron chi connectivity index (χ1n) is 4.23. The van der Waals surface area contributed by atoms with Gasteiger partial charge in [0.15, 0.2) is 0 Å². The normalized spacial score (nSPS) is 9.40. The molecule has 0 unspecified atom stereocenters. The molecule has 1 aromatic rings. The zero-order valence-electron chi connectivity index (χ0n) is 8.11. The maximum atomic E-state index is 11.4. The van der Waals surface area contributed by atoms with Gasteiger partial charge in [-0.15, -0.1) is 0 Å².